The van der Waals surface area contributed by atoms with E-state index in [1.807, 2.05) is 24.3 Å². The standard InChI is InChI=1S/C19H30N2O3/c1-13(2)12-15-7-9-16(10-8-15)14(3)18(22)24-19(23)17(21)6-4-5-11-20/h7-10,13-14,17H,4-6,11-12,20-21H2,1-3H3/t14?,17-/m0/s1. The Labute approximate surface area is 144 Å². The number of hydrogen-bond acceptors (Lipinski definition) is 5. The fourth-order valence-corrected chi connectivity index (χ4v) is 2.44. The molecule has 0 bridgehead atoms. The number of carbonyl (C=O) groups is 2. The van der Waals surface area contributed by atoms with Crippen molar-refractivity contribution in [1.29, 1.82) is 0 Å². The van der Waals surface area contributed by atoms with Gasteiger partial charge in [-0.2, -0.15) is 0 Å². The molecule has 1 rings (SSSR count). The summed E-state index contributed by atoms with van der Waals surface area (Å²) in [6, 6.07) is 7.07. The fourth-order valence-electron chi connectivity index (χ4n) is 2.44. The maximum atomic E-state index is 12.1. The maximum absolute atomic E-state index is 12.1. The summed E-state index contributed by atoms with van der Waals surface area (Å²) in [4.78, 5) is 24.0. The van der Waals surface area contributed by atoms with Gasteiger partial charge in [0.15, 0.2) is 0 Å². The maximum Gasteiger partial charge on any atom is 0.330 e. The third kappa shape index (κ3) is 6.81. The summed E-state index contributed by atoms with van der Waals surface area (Å²) in [5.41, 5.74) is 13.2. The van der Waals surface area contributed by atoms with Crippen molar-refractivity contribution in [1.82, 2.24) is 0 Å². The van der Waals surface area contributed by atoms with E-state index in [4.69, 9.17) is 16.2 Å². The summed E-state index contributed by atoms with van der Waals surface area (Å²) >= 11 is 0. The van der Waals surface area contributed by atoms with Crippen molar-refractivity contribution in [2.75, 3.05) is 6.54 Å². The Morgan fingerprint density at radius 3 is 2.21 bits per heavy atom. The molecule has 5 heteroatoms. The molecule has 0 heterocycles. The van der Waals surface area contributed by atoms with E-state index in [1.54, 1.807) is 6.92 Å². The van der Waals surface area contributed by atoms with Gasteiger partial charge in [-0.15, -0.1) is 0 Å². The lowest BCUT2D eigenvalue weighted by atomic mass is 9.97. The van der Waals surface area contributed by atoms with Crippen molar-refractivity contribution in [3.8, 4) is 0 Å². The molecule has 0 aliphatic carbocycles. The number of esters is 2. The fraction of sp³-hybridized carbons (Fsp3) is 0.579. The van der Waals surface area contributed by atoms with E-state index >= 15 is 0 Å². The van der Waals surface area contributed by atoms with Crippen LogP contribution >= 0.6 is 0 Å². The average molecular weight is 334 g/mol. The van der Waals surface area contributed by atoms with Crippen molar-refractivity contribution in [2.24, 2.45) is 17.4 Å². The first kappa shape index (κ1) is 20.3. The van der Waals surface area contributed by atoms with Crippen LogP contribution in [-0.4, -0.2) is 24.5 Å². The van der Waals surface area contributed by atoms with Crippen LogP contribution in [0.2, 0.25) is 0 Å². The molecule has 4 N–H and O–H groups in total. The topological polar surface area (TPSA) is 95.4 Å². The number of unbranched alkanes of at least 4 members (excludes halogenated alkanes) is 1. The van der Waals surface area contributed by atoms with Gasteiger partial charge in [0.1, 0.15) is 6.04 Å². The Bertz CT molecular complexity index is 526. The van der Waals surface area contributed by atoms with Gasteiger partial charge in [-0.1, -0.05) is 44.5 Å². The summed E-state index contributed by atoms with van der Waals surface area (Å²) in [6.45, 7) is 6.62. The quantitative estimate of drug-likeness (QED) is 0.411. The van der Waals surface area contributed by atoms with Gasteiger partial charge in [-0.05, 0) is 49.8 Å². The van der Waals surface area contributed by atoms with E-state index in [-0.39, 0.29) is 0 Å². The molecule has 0 radical (unpaired) electrons. The van der Waals surface area contributed by atoms with E-state index in [0.29, 0.717) is 18.9 Å². The molecule has 24 heavy (non-hydrogen) atoms. The SMILES string of the molecule is CC(C)Cc1ccc(C(C)C(=O)OC(=O)[C@@H](N)CCCCN)cc1. The third-order valence-corrected chi connectivity index (χ3v) is 3.95. The lowest BCUT2D eigenvalue weighted by Crippen LogP contribution is -2.34. The highest BCUT2D eigenvalue weighted by atomic mass is 16.6. The molecular formula is C19H30N2O3. The number of ether oxygens (including phenoxy) is 1. The second-order valence-electron chi connectivity index (χ2n) is 6.69. The molecule has 0 aliphatic heterocycles. The molecule has 134 valence electrons. The highest BCUT2D eigenvalue weighted by molar-refractivity contribution is 5.91. The van der Waals surface area contributed by atoms with Crippen LogP contribution < -0.4 is 11.5 Å². The second-order valence-corrected chi connectivity index (χ2v) is 6.69. The van der Waals surface area contributed by atoms with Crippen LogP contribution in [0, 0.1) is 5.92 Å². The first-order chi connectivity index (χ1) is 11.3. The minimum Gasteiger partial charge on any atom is -0.392 e. The van der Waals surface area contributed by atoms with E-state index in [1.165, 1.54) is 5.56 Å². The molecule has 1 aromatic rings. The van der Waals surface area contributed by atoms with Crippen molar-refractivity contribution < 1.29 is 14.3 Å². The molecule has 0 fully saturated rings. The zero-order valence-corrected chi connectivity index (χ0v) is 15.0. The third-order valence-electron chi connectivity index (χ3n) is 3.95. The summed E-state index contributed by atoms with van der Waals surface area (Å²) in [5.74, 6) is -1.15. The molecule has 1 unspecified atom stereocenters. The minimum atomic E-state index is -0.777. The minimum absolute atomic E-state index is 0.474. The van der Waals surface area contributed by atoms with Gasteiger partial charge >= 0.3 is 11.9 Å². The van der Waals surface area contributed by atoms with E-state index in [2.05, 4.69) is 13.8 Å². The molecule has 0 aromatic heterocycles. The number of carbonyl (C=O) groups excluding carboxylic acids is 2. The van der Waals surface area contributed by atoms with Crippen LogP contribution in [-0.2, 0) is 20.7 Å². The summed E-state index contributed by atoms with van der Waals surface area (Å²) in [5, 5.41) is 0. The van der Waals surface area contributed by atoms with Gasteiger partial charge in [-0.25, -0.2) is 4.79 Å². The zero-order valence-electron chi connectivity index (χ0n) is 15.0. The van der Waals surface area contributed by atoms with E-state index in [0.717, 1.165) is 24.8 Å². The predicted molar refractivity (Wildman–Crippen MR) is 95.4 cm³/mol. The van der Waals surface area contributed by atoms with Crippen LogP contribution in [0.3, 0.4) is 0 Å². The average Bonchev–Trinajstić information content (AvgIpc) is 2.54. The number of rotatable bonds is 9. The van der Waals surface area contributed by atoms with Gasteiger partial charge in [0, 0.05) is 0 Å². The molecule has 0 amide bonds. The number of hydrogen-bond donors (Lipinski definition) is 2. The van der Waals surface area contributed by atoms with Gasteiger partial charge in [0.25, 0.3) is 0 Å². The van der Waals surface area contributed by atoms with Gasteiger partial charge in [0.2, 0.25) is 0 Å². The van der Waals surface area contributed by atoms with Crippen molar-refractivity contribution >= 4 is 11.9 Å². The Morgan fingerprint density at radius 2 is 1.67 bits per heavy atom. The lowest BCUT2D eigenvalue weighted by Gasteiger charge is -2.14. The molecule has 5 nitrogen and oxygen atoms in total. The molecule has 0 saturated carbocycles. The molecule has 1 aromatic carbocycles. The normalized spacial score (nSPS) is 13.6. The van der Waals surface area contributed by atoms with Crippen LogP contribution in [0.1, 0.15) is 57.1 Å². The Kier molecular flexibility index (Phi) is 8.65. The summed E-state index contributed by atoms with van der Waals surface area (Å²) in [7, 11) is 0. The molecule has 0 spiro atoms. The highest BCUT2D eigenvalue weighted by Crippen LogP contribution is 2.19. The second kappa shape index (κ2) is 10.2. The first-order valence-corrected chi connectivity index (χ1v) is 8.65. The Balaban J connectivity index is 2.56. The zero-order chi connectivity index (χ0) is 18.1. The van der Waals surface area contributed by atoms with Crippen molar-refractivity contribution in [3.63, 3.8) is 0 Å². The van der Waals surface area contributed by atoms with E-state index in [9.17, 15) is 9.59 Å². The largest absolute Gasteiger partial charge is 0.392 e. The first-order valence-electron chi connectivity index (χ1n) is 8.65. The van der Waals surface area contributed by atoms with Gasteiger partial charge < -0.3 is 16.2 Å². The number of benzene rings is 1. The van der Waals surface area contributed by atoms with Crippen LogP contribution in [0.4, 0.5) is 0 Å². The van der Waals surface area contributed by atoms with E-state index < -0.39 is 23.9 Å². The lowest BCUT2D eigenvalue weighted by molar-refractivity contribution is -0.161. The monoisotopic (exact) mass is 334 g/mol. The summed E-state index contributed by atoms with van der Waals surface area (Å²) < 4.78 is 4.92. The van der Waals surface area contributed by atoms with Gasteiger partial charge in [0.05, 0.1) is 5.92 Å². The Hall–Kier alpha value is -1.72. The molecular weight excluding hydrogens is 304 g/mol. The van der Waals surface area contributed by atoms with Crippen LogP contribution in [0.5, 0.6) is 0 Å². The smallest absolute Gasteiger partial charge is 0.330 e. The van der Waals surface area contributed by atoms with Gasteiger partial charge in [-0.3, -0.25) is 4.79 Å². The van der Waals surface area contributed by atoms with Crippen molar-refractivity contribution in [2.45, 2.75) is 58.4 Å². The predicted octanol–water partition coefficient (Wildman–Crippen LogP) is 2.51. The van der Waals surface area contributed by atoms with Crippen LogP contribution in [0.25, 0.3) is 0 Å². The van der Waals surface area contributed by atoms with Crippen LogP contribution in [0.15, 0.2) is 24.3 Å². The number of nitrogens with two attached hydrogens (primary N) is 2. The highest BCUT2D eigenvalue weighted by Gasteiger charge is 2.23. The molecule has 0 aliphatic rings. The molecule has 2 atom stereocenters. The van der Waals surface area contributed by atoms with Crippen molar-refractivity contribution in [3.05, 3.63) is 35.4 Å². The molecule has 0 saturated heterocycles. The Morgan fingerprint density at radius 1 is 1.04 bits per heavy atom. The summed E-state index contributed by atoms with van der Waals surface area (Å²) in [6.07, 6.45) is 3.01.